The van der Waals surface area contributed by atoms with Crippen molar-refractivity contribution in [2.75, 3.05) is 16.8 Å². The first-order chi connectivity index (χ1) is 18.5. The first-order valence-corrected chi connectivity index (χ1v) is 13.1. The Morgan fingerprint density at radius 1 is 1.15 bits per heavy atom. The molecule has 0 saturated heterocycles. The first kappa shape index (κ1) is 26.5. The summed E-state index contributed by atoms with van der Waals surface area (Å²) in [6.07, 6.45) is 0.860. The van der Waals surface area contributed by atoms with Gasteiger partial charge in [0.15, 0.2) is 11.6 Å². The van der Waals surface area contributed by atoms with Crippen LogP contribution in [-0.4, -0.2) is 38.9 Å². The maximum absolute atomic E-state index is 13.8. The molecule has 0 aliphatic carbocycles. The number of ether oxygens (including phenoxy) is 2. The highest BCUT2D eigenvalue weighted by Gasteiger charge is 2.36. The van der Waals surface area contributed by atoms with Gasteiger partial charge in [-0.2, -0.15) is 0 Å². The number of hydrogen-bond acceptors (Lipinski definition) is 7. The molecule has 39 heavy (non-hydrogen) atoms. The lowest BCUT2D eigenvalue weighted by molar-refractivity contribution is 0.0546. The van der Waals surface area contributed by atoms with Crippen molar-refractivity contribution in [1.29, 1.82) is 0 Å². The summed E-state index contributed by atoms with van der Waals surface area (Å²) in [4.78, 5) is 37.1. The van der Waals surface area contributed by atoms with E-state index >= 15 is 0 Å². The van der Waals surface area contributed by atoms with Crippen LogP contribution in [0, 0.1) is 0 Å². The highest BCUT2D eigenvalue weighted by Crippen LogP contribution is 2.39. The van der Waals surface area contributed by atoms with Crippen molar-refractivity contribution in [3.8, 4) is 11.4 Å². The fourth-order valence-electron chi connectivity index (χ4n) is 4.62. The van der Waals surface area contributed by atoms with Gasteiger partial charge in [-0.25, -0.2) is 14.8 Å². The van der Waals surface area contributed by atoms with Gasteiger partial charge in [0, 0.05) is 11.4 Å². The monoisotopic (exact) mass is 547 g/mol. The van der Waals surface area contributed by atoms with Crippen LogP contribution in [0.3, 0.4) is 0 Å². The number of benzene rings is 2. The average Bonchev–Trinajstić information content (AvgIpc) is 2.88. The van der Waals surface area contributed by atoms with Crippen molar-refractivity contribution in [2.45, 2.75) is 52.3 Å². The van der Waals surface area contributed by atoms with Crippen molar-refractivity contribution in [3.63, 3.8) is 0 Å². The number of carbonyl (C=O) groups excluding carboxylic acids is 1. The number of nitrogens with zero attached hydrogens (tertiary/aromatic N) is 4. The van der Waals surface area contributed by atoms with Crippen molar-refractivity contribution < 1.29 is 14.3 Å². The Balaban J connectivity index is 1.58. The molecule has 9 nitrogen and oxygen atoms in total. The zero-order valence-corrected chi connectivity index (χ0v) is 23.2. The van der Waals surface area contributed by atoms with E-state index < -0.39 is 17.7 Å². The van der Waals surface area contributed by atoms with Crippen LogP contribution in [0.4, 0.5) is 16.4 Å². The van der Waals surface area contributed by atoms with E-state index in [4.69, 9.17) is 21.1 Å². The van der Waals surface area contributed by atoms with Crippen LogP contribution in [0.1, 0.15) is 46.4 Å². The number of fused-ring (bicyclic) bond motifs is 2. The van der Waals surface area contributed by atoms with Crippen LogP contribution >= 0.6 is 11.6 Å². The summed E-state index contributed by atoms with van der Waals surface area (Å²) < 4.78 is 13.3. The summed E-state index contributed by atoms with van der Waals surface area (Å²) in [6.45, 7) is 9.48. The van der Waals surface area contributed by atoms with Crippen LogP contribution in [0.25, 0.3) is 16.5 Å². The largest absolute Gasteiger partial charge is 0.484 e. The first-order valence-electron chi connectivity index (χ1n) is 12.7. The van der Waals surface area contributed by atoms with Gasteiger partial charge >= 0.3 is 6.09 Å². The van der Waals surface area contributed by atoms with Crippen LogP contribution in [0.15, 0.2) is 65.7 Å². The number of halogens is 1. The molecular formula is C29H30ClN5O4. The molecule has 1 amide bonds. The highest BCUT2D eigenvalue weighted by molar-refractivity contribution is 6.35. The normalized spacial score (nSPS) is 15.8. The molecule has 2 atom stereocenters. The lowest BCUT2D eigenvalue weighted by Crippen LogP contribution is -2.48. The predicted molar refractivity (Wildman–Crippen MR) is 152 cm³/mol. The van der Waals surface area contributed by atoms with Crippen molar-refractivity contribution in [2.24, 2.45) is 0 Å². The number of pyridine rings is 1. The minimum Gasteiger partial charge on any atom is -0.484 e. The molecular weight excluding hydrogens is 518 g/mol. The number of anilines is 2. The molecule has 0 spiro atoms. The molecule has 5 rings (SSSR count). The molecule has 1 N–H and O–H groups in total. The fraction of sp³-hybridized carbons (Fsp3) is 0.310. The smallest absolute Gasteiger partial charge is 0.416 e. The van der Waals surface area contributed by atoms with Crippen molar-refractivity contribution in [1.82, 2.24) is 14.5 Å². The Morgan fingerprint density at radius 2 is 1.90 bits per heavy atom. The molecule has 1 aliphatic rings. The number of amides is 1. The summed E-state index contributed by atoms with van der Waals surface area (Å²) in [6, 6.07) is 16.0. The van der Waals surface area contributed by atoms with Crippen LogP contribution in [-0.2, 0) is 4.74 Å². The predicted octanol–water partition coefficient (Wildman–Crippen LogP) is 6.13. The van der Waals surface area contributed by atoms with Gasteiger partial charge in [0.05, 0.1) is 22.5 Å². The zero-order valence-electron chi connectivity index (χ0n) is 22.4. The number of para-hydroxylation sites is 1. The van der Waals surface area contributed by atoms with Crippen LogP contribution < -0.4 is 20.5 Å². The van der Waals surface area contributed by atoms with Crippen molar-refractivity contribution in [3.05, 3.63) is 82.0 Å². The summed E-state index contributed by atoms with van der Waals surface area (Å²) in [7, 11) is 0. The number of hydrogen-bond donors (Lipinski definition) is 1. The maximum atomic E-state index is 13.8. The molecule has 0 saturated carbocycles. The maximum Gasteiger partial charge on any atom is 0.416 e. The molecule has 0 fully saturated rings. The van der Waals surface area contributed by atoms with E-state index in [-0.39, 0.29) is 18.2 Å². The average molecular weight is 548 g/mol. The minimum absolute atomic E-state index is 0.223. The second-order valence-electron chi connectivity index (χ2n) is 10.5. The standard InChI is InChI=1S/C29H30ClN5O4/c1-17-15-38-24-25(31-16-32-26(24)34(17)28(37)39-29(3,4)5)33-18(2)22-14-19-10-9-13-21(30)23(19)27(36)35(22)20-11-7-6-8-12-20/h6-14,16-18H,15H2,1-5H3,(H,31,32,33)/t17?,18-/m0/s1. The van der Waals surface area contributed by atoms with Gasteiger partial charge < -0.3 is 14.8 Å². The van der Waals surface area contributed by atoms with Crippen LogP contribution in [0.2, 0.25) is 5.02 Å². The SMILES string of the molecule is CC1COc2c(N[C@@H](C)c3cc4cccc(Cl)c4c(=O)n3-c3ccccc3)ncnc2N1C(=O)OC(C)(C)C. The quantitative estimate of drug-likeness (QED) is 0.328. The lowest BCUT2D eigenvalue weighted by atomic mass is 10.1. The van der Waals surface area contributed by atoms with Gasteiger partial charge in [-0.05, 0) is 64.3 Å². The Kier molecular flexibility index (Phi) is 6.94. The number of carbonyl (C=O) groups is 1. The number of nitrogens with one attached hydrogen (secondary N) is 1. The van der Waals surface area contributed by atoms with Gasteiger partial charge in [-0.3, -0.25) is 14.3 Å². The summed E-state index contributed by atoms with van der Waals surface area (Å²) in [5.74, 6) is 1.05. The van der Waals surface area contributed by atoms with Gasteiger partial charge in [-0.1, -0.05) is 41.9 Å². The minimum atomic E-state index is -0.669. The summed E-state index contributed by atoms with van der Waals surface area (Å²) in [5, 5.41) is 4.95. The molecule has 10 heteroatoms. The van der Waals surface area contributed by atoms with Crippen molar-refractivity contribution >= 4 is 40.1 Å². The second kappa shape index (κ2) is 10.2. The topological polar surface area (TPSA) is 98.6 Å². The van der Waals surface area contributed by atoms with E-state index in [0.29, 0.717) is 39.2 Å². The molecule has 2 aromatic carbocycles. The van der Waals surface area contributed by atoms with Gasteiger partial charge in [-0.15, -0.1) is 0 Å². The molecule has 4 aromatic rings. The number of rotatable bonds is 4. The molecule has 0 bridgehead atoms. The Hall–Kier alpha value is -4.11. The van der Waals surface area contributed by atoms with Gasteiger partial charge in [0.1, 0.15) is 18.5 Å². The zero-order chi connectivity index (χ0) is 27.9. The third kappa shape index (κ3) is 5.14. The van der Waals surface area contributed by atoms with Crippen LogP contribution in [0.5, 0.6) is 5.75 Å². The van der Waals surface area contributed by atoms with E-state index in [1.807, 2.05) is 83.1 Å². The van der Waals surface area contributed by atoms with E-state index in [2.05, 4.69) is 15.3 Å². The molecule has 0 radical (unpaired) electrons. The molecule has 3 heterocycles. The fourth-order valence-corrected chi connectivity index (χ4v) is 4.88. The molecule has 1 aliphatic heterocycles. The Morgan fingerprint density at radius 3 is 2.62 bits per heavy atom. The van der Waals surface area contributed by atoms with E-state index in [9.17, 15) is 9.59 Å². The third-order valence-corrected chi connectivity index (χ3v) is 6.66. The van der Waals surface area contributed by atoms with Gasteiger partial charge in [0.2, 0.25) is 5.75 Å². The second-order valence-corrected chi connectivity index (χ2v) is 10.9. The van der Waals surface area contributed by atoms with E-state index in [1.54, 1.807) is 10.6 Å². The highest BCUT2D eigenvalue weighted by atomic mass is 35.5. The molecule has 2 aromatic heterocycles. The van der Waals surface area contributed by atoms with E-state index in [0.717, 1.165) is 5.39 Å². The summed E-state index contributed by atoms with van der Waals surface area (Å²) in [5.41, 5.74) is 0.511. The van der Waals surface area contributed by atoms with E-state index in [1.165, 1.54) is 11.2 Å². The molecule has 202 valence electrons. The Bertz CT molecular complexity index is 1600. The Labute approximate surface area is 231 Å². The van der Waals surface area contributed by atoms with Gasteiger partial charge in [0.25, 0.3) is 5.56 Å². The summed E-state index contributed by atoms with van der Waals surface area (Å²) >= 11 is 6.45. The molecule has 1 unspecified atom stereocenters. The third-order valence-electron chi connectivity index (χ3n) is 6.35. The lowest BCUT2D eigenvalue weighted by Gasteiger charge is -2.35. The number of aromatic nitrogens is 3.